The number of ether oxygens (including phenoxy) is 1. The number of carbonyl (C=O) groups excluding carboxylic acids is 1. The number of aromatic nitrogens is 2. The number of H-pyrrole nitrogens is 1. The molecule has 3 heterocycles. The summed E-state index contributed by atoms with van der Waals surface area (Å²) in [6, 6.07) is 9.37. The summed E-state index contributed by atoms with van der Waals surface area (Å²) in [6.07, 6.45) is 4.30. The van der Waals surface area contributed by atoms with Crippen molar-refractivity contribution < 1.29 is 9.53 Å². The third-order valence-corrected chi connectivity index (χ3v) is 3.65. The van der Waals surface area contributed by atoms with E-state index in [9.17, 15) is 4.79 Å². The fraction of sp³-hybridized carbons (Fsp3) is 0.125. The van der Waals surface area contributed by atoms with Gasteiger partial charge in [-0.25, -0.2) is 4.98 Å². The molecule has 2 aromatic heterocycles. The number of nitrogens with one attached hydrogen (secondary N) is 1. The predicted molar refractivity (Wildman–Crippen MR) is 75.2 cm³/mol. The average Bonchev–Trinajstić information content (AvgIpc) is 3.12. The maximum absolute atomic E-state index is 12.6. The maximum Gasteiger partial charge on any atom is 0.195 e. The van der Waals surface area contributed by atoms with Crippen LogP contribution in [0.1, 0.15) is 21.5 Å². The Hall–Kier alpha value is -2.62. The van der Waals surface area contributed by atoms with Crippen LogP contribution in [0, 0.1) is 0 Å². The van der Waals surface area contributed by atoms with Crippen molar-refractivity contribution in [3.05, 3.63) is 59.4 Å². The van der Waals surface area contributed by atoms with Gasteiger partial charge >= 0.3 is 0 Å². The molecule has 0 amide bonds. The highest BCUT2D eigenvalue weighted by molar-refractivity contribution is 6.16. The van der Waals surface area contributed by atoms with Gasteiger partial charge in [-0.1, -0.05) is 0 Å². The number of carbonyl (C=O) groups is 1. The van der Waals surface area contributed by atoms with E-state index in [0.717, 1.165) is 28.8 Å². The largest absolute Gasteiger partial charge is 0.493 e. The Morgan fingerprint density at radius 1 is 1.30 bits per heavy atom. The Morgan fingerprint density at radius 2 is 2.25 bits per heavy atom. The number of hydrogen-bond donors (Lipinski definition) is 1. The molecule has 0 radical (unpaired) electrons. The summed E-state index contributed by atoms with van der Waals surface area (Å²) in [4.78, 5) is 19.9. The first-order valence-corrected chi connectivity index (χ1v) is 6.55. The lowest BCUT2D eigenvalue weighted by Gasteiger charge is -2.03. The molecule has 1 N–H and O–H groups in total. The van der Waals surface area contributed by atoms with Crippen LogP contribution in [-0.4, -0.2) is 22.4 Å². The highest BCUT2D eigenvalue weighted by atomic mass is 16.5. The molecule has 4 heteroatoms. The van der Waals surface area contributed by atoms with E-state index in [4.69, 9.17) is 4.74 Å². The zero-order valence-electron chi connectivity index (χ0n) is 10.7. The van der Waals surface area contributed by atoms with E-state index < -0.39 is 0 Å². The van der Waals surface area contributed by atoms with Crippen molar-refractivity contribution in [3.63, 3.8) is 0 Å². The Morgan fingerprint density at radius 3 is 3.20 bits per heavy atom. The summed E-state index contributed by atoms with van der Waals surface area (Å²) in [5.74, 6) is 0.904. The van der Waals surface area contributed by atoms with Crippen LogP contribution in [-0.2, 0) is 6.42 Å². The van der Waals surface area contributed by atoms with Crippen molar-refractivity contribution in [1.82, 2.24) is 9.97 Å². The monoisotopic (exact) mass is 264 g/mol. The first-order valence-electron chi connectivity index (χ1n) is 6.55. The zero-order chi connectivity index (χ0) is 13.5. The van der Waals surface area contributed by atoms with Crippen LogP contribution in [0.4, 0.5) is 0 Å². The third kappa shape index (κ3) is 1.61. The van der Waals surface area contributed by atoms with Gasteiger partial charge in [0.15, 0.2) is 5.78 Å². The molecule has 1 aliphatic heterocycles. The van der Waals surface area contributed by atoms with E-state index in [1.165, 1.54) is 0 Å². The molecule has 0 spiro atoms. The number of rotatable bonds is 2. The summed E-state index contributed by atoms with van der Waals surface area (Å²) >= 11 is 0. The van der Waals surface area contributed by atoms with Gasteiger partial charge in [0.05, 0.1) is 6.61 Å². The van der Waals surface area contributed by atoms with Gasteiger partial charge in [0.2, 0.25) is 0 Å². The molecule has 0 bridgehead atoms. The topological polar surface area (TPSA) is 55.0 Å². The first-order chi connectivity index (χ1) is 9.83. The Bertz CT molecular complexity index is 820. The van der Waals surface area contributed by atoms with Crippen LogP contribution >= 0.6 is 0 Å². The summed E-state index contributed by atoms with van der Waals surface area (Å²) in [6.45, 7) is 0.698. The molecule has 0 aliphatic carbocycles. The van der Waals surface area contributed by atoms with Crippen molar-refractivity contribution in [3.8, 4) is 5.75 Å². The number of ketones is 1. The maximum atomic E-state index is 12.6. The molecule has 0 atom stereocenters. The number of hydrogen-bond acceptors (Lipinski definition) is 3. The van der Waals surface area contributed by atoms with Gasteiger partial charge in [0.25, 0.3) is 0 Å². The van der Waals surface area contributed by atoms with E-state index >= 15 is 0 Å². The second-order valence-electron chi connectivity index (χ2n) is 4.85. The summed E-state index contributed by atoms with van der Waals surface area (Å²) in [5.41, 5.74) is 3.19. The molecule has 4 rings (SSSR count). The predicted octanol–water partition coefficient (Wildman–Crippen LogP) is 2.73. The molecule has 98 valence electrons. The van der Waals surface area contributed by atoms with E-state index in [0.29, 0.717) is 17.7 Å². The Balaban J connectivity index is 1.80. The highest BCUT2D eigenvalue weighted by Crippen LogP contribution is 2.27. The standard InChI is InChI=1S/C16H12N2O2/c19-15(11-3-4-14-10(8-11)5-7-20-14)13-9-18-16-12(13)2-1-6-17-16/h1-4,6,8-9H,5,7H2,(H,17,18). The average molecular weight is 264 g/mol. The van der Waals surface area contributed by atoms with Gasteiger partial charge in [-0.15, -0.1) is 0 Å². The molecule has 1 aliphatic rings. The molecular weight excluding hydrogens is 252 g/mol. The van der Waals surface area contributed by atoms with Crippen molar-refractivity contribution >= 4 is 16.8 Å². The smallest absolute Gasteiger partial charge is 0.195 e. The number of pyridine rings is 1. The van der Waals surface area contributed by atoms with Gasteiger partial charge < -0.3 is 9.72 Å². The van der Waals surface area contributed by atoms with Crippen LogP contribution in [0.5, 0.6) is 5.75 Å². The molecule has 0 unspecified atom stereocenters. The second kappa shape index (κ2) is 4.20. The van der Waals surface area contributed by atoms with Crippen molar-refractivity contribution in [2.24, 2.45) is 0 Å². The Kier molecular flexibility index (Phi) is 2.36. The fourth-order valence-corrected chi connectivity index (χ4v) is 2.63. The van der Waals surface area contributed by atoms with Crippen LogP contribution in [0.25, 0.3) is 11.0 Å². The minimum Gasteiger partial charge on any atom is -0.493 e. The Labute approximate surface area is 115 Å². The van der Waals surface area contributed by atoms with Crippen LogP contribution < -0.4 is 4.74 Å². The van der Waals surface area contributed by atoms with E-state index in [2.05, 4.69) is 9.97 Å². The lowest BCUT2D eigenvalue weighted by Crippen LogP contribution is -2.00. The highest BCUT2D eigenvalue weighted by Gasteiger charge is 2.18. The normalized spacial score (nSPS) is 13.2. The molecule has 1 aromatic carbocycles. The summed E-state index contributed by atoms with van der Waals surface area (Å²) in [5, 5.41) is 0.856. The number of nitrogens with zero attached hydrogens (tertiary/aromatic N) is 1. The minimum atomic E-state index is 0.0129. The van der Waals surface area contributed by atoms with Gasteiger partial charge in [-0.2, -0.15) is 0 Å². The molecule has 0 saturated heterocycles. The minimum absolute atomic E-state index is 0.0129. The van der Waals surface area contributed by atoms with Crippen LogP contribution in [0.3, 0.4) is 0 Å². The zero-order valence-corrected chi connectivity index (χ0v) is 10.7. The number of fused-ring (bicyclic) bond motifs is 2. The molecule has 0 fully saturated rings. The first kappa shape index (κ1) is 11.2. The van der Waals surface area contributed by atoms with Crippen molar-refractivity contribution in [2.75, 3.05) is 6.61 Å². The van der Waals surface area contributed by atoms with Gasteiger partial charge in [0.1, 0.15) is 11.4 Å². The quantitative estimate of drug-likeness (QED) is 0.724. The third-order valence-electron chi connectivity index (χ3n) is 3.65. The molecule has 3 aromatic rings. The number of aromatic amines is 1. The van der Waals surface area contributed by atoms with E-state index in [1.54, 1.807) is 12.4 Å². The van der Waals surface area contributed by atoms with E-state index in [1.807, 2.05) is 30.3 Å². The molecule has 4 nitrogen and oxygen atoms in total. The SMILES string of the molecule is O=C(c1ccc2c(c1)CCO2)c1c[nH]c2ncccc12. The van der Waals surface area contributed by atoms with Crippen molar-refractivity contribution in [1.29, 1.82) is 0 Å². The van der Waals surface area contributed by atoms with Crippen LogP contribution in [0.2, 0.25) is 0 Å². The van der Waals surface area contributed by atoms with Gasteiger partial charge in [0, 0.05) is 35.3 Å². The molecular formula is C16H12N2O2. The van der Waals surface area contributed by atoms with Gasteiger partial charge in [-0.05, 0) is 35.9 Å². The summed E-state index contributed by atoms with van der Waals surface area (Å²) in [7, 11) is 0. The summed E-state index contributed by atoms with van der Waals surface area (Å²) < 4.78 is 5.47. The van der Waals surface area contributed by atoms with Crippen molar-refractivity contribution in [2.45, 2.75) is 6.42 Å². The van der Waals surface area contributed by atoms with E-state index in [-0.39, 0.29) is 5.78 Å². The van der Waals surface area contributed by atoms with Gasteiger partial charge in [-0.3, -0.25) is 4.79 Å². The fourth-order valence-electron chi connectivity index (χ4n) is 2.63. The number of benzene rings is 1. The molecule has 0 saturated carbocycles. The lowest BCUT2D eigenvalue weighted by molar-refractivity contribution is 0.104. The lowest BCUT2D eigenvalue weighted by atomic mass is 10.0. The second-order valence-corrected chi connectivity index (χ2v) is 4.85. The van der Waals surface area contributed by atoms with Crippen LogP contribution in [0.15, 0.2) is 42.7 Å². The molecule has 20 heavy (non-hydrogen) atoms.